The lowest BCUT2D eigenvalue weighted by molar-refractivity contribution is 0.0954. The maximum absolute atomic E-state index is 11.9. The first kappa shape index (κ1) is 13.3. The first-order valence-corrected chi connectivity index (χ1v) is 6.40. The van der Waals surface area contributed by atoms with Gasteiger partial charge in [-0.3, -0.25) is 4.79 Å². The van der Waals surface area contributed by atoms with Crippen molar-refractivity contribution in [2.24, 2.45) is 0 Å². The fraction of sp³-hybridized carbons (Fsp3) is 0.231. The number of aliphatic hydroxyl groups excluding tert-OH is 1. The van der Waals surface area contributed by atoms with Crippen molar-refractivity contribution in [2.75, 3.05) is 6.61 Å². The van der Waals surface area contributed by atoms with Crippen molar-refractivity contribution < 1.29 is 14.4 Å². The number of carbonyl (C=O) groups is 1. The largest absolute Gasteiger partial charge is 0.384 e. The average Bonchev–Trinajstić information content (AvgIpc) is 3.02. The predicted octanol–water partition coefficient (Wildman–Crippen LogP) is 1.32. The van der Waals surface area contributed by atoms with Gasteiger partial charge in [-0.1, -0.05) is 17.0 Å². The van der Waals surface area contributed by atoms with Crippen LogP contribution in [0.5, 0.6) is 0 Å². The van der Waals surface area contributed by atoms with E-state index in [0.29, 0.717) is 22.9 Å². The lowest BCUT2D eigenvalue weighted by Crippen LogP contribution is -2.21. The van der Waals surface area contributed by atoms with Crippen molar-refractivity contribution in [1.29, 1.82) is 0 Å². The molecule has 19 heavy (non-hydrogen) atoms. The highest BCUT2D eigenvalue weighted by atomic mass is 32.1. The molecule has 1 amide bonds. The van der Waals surface area contributed by atoms with Crippen LogP contribution in [0.1, 0.15) is 26.0 Å². The first-order chi connectivity index (χ1) is 9.19. The minimum Gasteiger partial charge on any atom is -0.384 e. The van der Waals surface area contributed by atoms with Crippen LogP contribution in [-0.2, 0) is 6.54 Å². The van der Waals surface area contributed by atoms with Gasteiger partial charge in [0.1, 0.15) is 18.1 Å². The van der Waals surface area contributed by atoms with Crippen LogP contribution in [-0.4, -0.2) is 22.8 Å². The van der Waals surface area contributed by atoms with Gasteiger partial charge >= 0.3 is 0 Å². The first-order valence-electron chi connectivity index (χ1n) is 5.59. The molecule has 0 aliphatic heterocycles. The fourth-order valence-corrected chi connectivity index (χ4v) is 2.21. The molecule has 0 bridgehead atoms. The predicted molar refractivity (Wildman–Crippen MR) is 70.7 cm³/mol. The Labute approximate surface area is 114 Å². The number of hydrogen-bond acceptors (Lipinski definition) is 5. The van der Waals surface area contributed by atoms with Crippen LogP contribution < -0.4 is 5.32 Å². The van der Waals surface area contributed by atoms with E-state index >= 15 is 0 Å². The molecule has 0 spiro atoms. The van der Waals surface area contributed by atoms with Crippen LogP contribution >= 0.6 is 11.3 Å². The minimum atomic E-state index is -0.190. The molecule has 2 aromatic rings. The Morgan fingerprint density at radius 3 is 3.11 bits per heavy atom. The molecule has 0 radical (unpaired) electrons. The molecular formula is C13H12N2O3S. The van der Waals surface area contributed by atoms with E-state index in [2.05, 4.69) is 22.3 Å². The normalized spacial score (nSPS) is 9.79. The third-order valence-corrected chi connectivity index (χ3v) is 3.23. The quantitative estimate of drug-likeness (QED) is 0.829. The standard InChI is InChI=1S/C13H12N2O3S/c1-9-7-10(15-18-9)8-14-13(17)12-5-4-11(19-12)3-2-6-16/h4-5,7,16H,6,8H2,1H3,(H,14,17). The molecule has 2 N–H and O–H groups in total. The Morgan fingerprint density at radius 1 is 1.58 bits per heavy atom. The van der Waals surface area contributed by atoms with Gasteiger partial charge in [-0.05, 0) is 19.1 Å². The average molecular weight is 276 g/mol. The number of nitrogens with one attached hydrogen (secondary N) is 1. The van der Waals surface area contributed by atoms with Crippen LogP contribution in [0.2, 0.25) is 0 Å². The third kappa shape index (κ3) is 3.68. The van der Waals surface area contributed by atoms with E-state index in [1.54, 1.807) is 25.1 Å². The van der Waals surface area contributed by atoms with E-state index in [-0.39, 0.29) is 12.5 Å². The van der Waals surface area contributed by atoms with Crippen LogP contribution in [0.4, 0.5) is 0 Å². The number of amides is 1. The van der Waals surface area contributed by atoms with Gasteiger partial charge in [0.25, 0.3) is 5.91 Å². The summed E-state index contributed by atoms with van der Waals surface area (Å²) in [5, 5.41) is 15.1. The van der Waals surface area contributed by atoms with Crippen molar-refractivity contribution in [3.63, 3.8) is 0 Å². The third-order valence-electron chi connectivity index (χ3n) is 2.23. The van der Waals surface area contributed by atoms with Crippen molar-refractivity contribution in [2.45, 2.75) is 13.5 Å². The van der Waals surface area contributed by atoms with Gasteiger partial charge < -0.3 is 14.9 Å². The van der Waals surface area contributed by atoms with Gasteiger partial charge in [-0.2, -0.15) is 0 Å². The summed E-state index contributed by atoms with van der Waals surface area (Å²) in [6, 6.07) is 5.23. The van der Waals surface area contributed by atoms with Crippen molar-refractivity contribution in [1.82, 2.24) is 10.5 Å². The molecule has 0 unspecified atom stereocenters. The molecule has 98 valence electrons. The van der Waals surface area contributed by atoms with E-state index in [4.69, 9.17) is 9.63 Å². The Bertz CT molecular complexity index is 634. The molecule has 2 heterocycles. The molecule has 0 aliphatic carbocycles. The topological polar surface area (TPSA) is 75.4 Å². The number of hydrogen-bond donors (Lipinski definition) is 2. The number of rotatable bonds is 3. The second kappa shape index (κ2) is 6.18. The van der Waals surface area contributed by atoms with Crippen molar-refractivity contribution in [3.05, 3.63) is 39.4 Å². The summed E-state index contributed by atoms with van der Waals surface area (Å²) in [5.74, 6) is 5.83. The second-order valence-electron chi connectivity index (χ2n) is 3.74. The Hall–Kier alpha value is -2.10. The zero-order chi connectivity index (χ0) is 13.7. The van der Waals surface area contributed by atoms with Crippen LogP contribution in [0.3, 0.4) is 0 Å². The highest BCUT2D eigenvalue weighted by Gasteiger charge is 2.09. The van der Waals surface area contributed by atoms with E-state index in [1.165, 1.54) is 11.3 Å². The minimum absolute atomic E-state index is 0.178. The maximum atomic E-state index is 11.9. The zero-order valence-electron chi connectivity index (χ0n) is 10.3. The highest BCUT2D eigenvalue weighted by molar-refractivity contribution is 7.14. The van der Waals surface area contributed by atoms with Crippen molar-refractivity contribution >= 4 is 17.2 Å². The smallest absolute Gasteiger partial charge is 0.261 e. The van der Waals surface area contributed by atoms with Gasteiger partial charge in [0.05, 0.1) is 16.3 Å². The van der Waals surface area contributed by atoms with E-state index in [9.17, 15) is 4.79 Å². The summed E-state index contributed by atoms with van der Waals surface area (Å²) in [5.41, 5.74) is 0.683. The Kier molecular flexibility index (Phi) is 4.34. The lowest BCUT2D eigenvalue weighted by atomic mass is 10.3. The summed E-state index contributed by atoms with van der Waals surface area (Å²) in [6.45, 7) is 1.93. The molecule has 0 aromatic carbocycles. The summed E-state index contributed by atoms with van der Waals surface area (Å²) >= 11 is 1.28. The molecule has 0 atom stereocenters. The van der Waals surface area contributed by atoms with Gasteiger partial charge in [0.2, 0.25) is 0 Å². The molecule has 0 aliphatic rings. The number of aromatic nitrogens is 1. The summed E-state index contributed by atoms with van der Waals surface area (Å²) < 4.78 is 4.91. The van der Waals surface area contributed by atoms with Gasteiger partial charge in [-0.25, -0.2) is 0 Å². The molecule has 0 saturated heterocycles. The SMILES string of the molecule is Cc1cc(CNC(=O)c2ccc(C#CCO)s2)no1. The summed E-state index contributed by atoms with van der Waals surface area (Å²) in [7, 11) is 0. The molecule has 2 rings (SSSR count). The van der Waals surface area contributed by atoms with E-state index in [1.807, 2.05) is 0 Å². The highest BCUT2D eigenvalue weighted by Crippen LogP contribution is 2.15. The van der Waals surface area contributed by atoms with Crippen LogP contribution in [0, 0.1) is 18.8 Å². The number of aryl methyl sites for hydroxylation is 1. The Balaban J connectivity index is 1.94. The van der Waals surface area contributed by atoms with Crippen molar-refractivity contribution in [3.8, 4) is 11.8 Å². The second-order valence-corrected chi connectivity index (χ2v) is 4.82. The summed E-state index contributed by atoms with van der Waals surface area (Å²) in [4.78, 5) is 13.2. The molecular weight excluding hydrogens is 264 g/mol. The number of nitrogens with zero attached hydrogens (tertiary/aromatic N) is 1. The molecule has 2 aromatic heterocycles. The summed E-state index contributed by atoms with van der Waals surface area (Å²) in [6.07, 6.45) is 0. The maximum Gasteiger partial charge on any atom is 0.261 e. The van der Waals surface area contributed by atoms with Crippen LogP contribution in [0.25, 0.3) is 0 Å². The fourth-order valence-electron chi connectivity index (χ4n) is 1.41. The molecule has 6 heteroatoms. The van der Waals surface area contributed by atoms with E-state index < -0.39 is 0 Å². The number of aliphatic hydroxyl groups is 1. The van der Waals surface area contributed by atoms with Crippen LogP contribution in [0.15, 0.2) is 22.7 Å². The molecule has 0 saturated carbocycles. The molecule has 0 fully saturated rings. The monoisotopic (exact) mass is 276 g/mol. The number of carbonyl (C=O) groups excluding carboxylic acids is 1. The number of thiophene rings is 1. The van der Waals surface area contributed by atoms with E-state index in [0.717, 1.165) is 4.88 Å². The zero-order valence-corrected chi connectivity index (χ0v) is 11.1. The van der Waals surface area contributed by atoms with Gasteiger partial charge in [0.15, 0.2) is 0 Å². The molecule has 5 nitrogen and oxygen atoms in total. The van der Waals surface area contributed by atoms with Gasteiger partial charge in [-0.15, -0.1) is 11.3 Å². The van der Waals surface area contributed by atoms with Gasteiger partial charge in [0, 0.05) is 6.07 Å². The lowest BCUT2D eigenvalue weighted by Gasteiger charge is -1.99. The Morgan fingerprint density at radius 2 is 2.42 bits per heavy atom.